The molecule has 0 aliphatic rings. The predicted molar refractivity (Wildman–Crippen MR) is 119 cm³/mol. The molecule has 1 amide bonds. The lowest BCUT2D eigenvalue weighted by molar-refractivity contribution is -0.124. The number of nitrogens with one attached hydrogen (secondary N) is 1. The van der Waals surface area contributed by atoms with Gasteiger partial charge in [0.1, 0.15) is 11.6 Å². The third kappa shape index (κ3) is 5.66. The summed E-state index contributed by atoms with van der Waals surface area (Å²) in [5.74, 6) is 0.151. The topological polar surface area (TPSA) is 110 Å². The molecule has 2 aromatic rings. The second-order valence-electron chi connectivity index (χ2n) is 8.05. The van der Waals surface area contributed by atoms with Gasteiger partial charge >= 0.3 is 5.69 Å². The lowest BCUT2D eigenvalue weighted by Gasteiger charge is -2.28. The largest absolute Gasteiger partial charge is 0.481 e. The first-order valence-electron chi connectivity index (χ1n) is 9.87. The standard InChI is InChI=1S/C21H29ClN4O4/c1-12(2)10-25(20(28)14(5)30-16-8-6-15(22)7-9-16)17-18(23)26(11-13(3)4)21(29)24-19(17)27/h6-9,12-14H,10-11,23H2,1-5H3,(H,24,27,29). The Labute approximate surface area is 180 Å². The average Bonchev–Trinajstić information content (AvgIpc) is 2.65. The van der Waals surface area contributed by atoms with Crippen molar-refractivity contribution >= 4 is 29.0 Å². The molecule has 0 bridgehead atoms. The van der Waals surface area contributed by atoms with Crippen LogP contribution < -0.4 is 26.6 Å². The molecule has 1 atom stereocenters. The molecular formula is C21H29ClN4O4. The number of rotatable bonds is 8. The highest BCUT2D eigenvalue weighted by Crippen LogP contribution is 2.22. The number of ether oxygens (including phenoxy) is 1. The van der Waals surface area contributed by atoms with Gasteiger partial charge in [-0.3, -0.25) is 19.1 Å². The number of aromatic nitrogens is 2. The zero-order valence-corrected chi connectivity index (χ0v) is 18.7. The quantitative estimate of drug-likeness (QED) is 0.661. The number of halogens is 1. The van der Waals surface area contributed by atoms with Gasteiger partial charge < -0.3 is 15.4 Å². The number of nitrogens with zero attached hydrogens (tertiary/aromatic N) is 2. The monoisotopic (exact) mass is 436 g/mol. The van der Waals surface area contributed by atoms with E-state index in [-0.39, 0.29) is 29.9 Å². The molecule has 0 spiro atoms. The van der Waals surface area contributed by atoms with Crippen molar-refractivity contribution in [3.05, 3.63) is 50.1 Å². The second-order valence-corrected chi connectivity index (χ2v) is 8.49. The Morgan fingerprint density at radius 1 is 1.13 bits per heavy atom. The van der Waals surface area contributed by atoms with Crippen LogP contribution in [-0.4, -0.2) is 28.1 Å². The smallest absolute Gasteiger partial charge is 0.330 e. The molecule has 164 valence electrons. The van der Waals surface area contributed by atoms with Crippen molar-refractivity contribution in [3.63, 3.8) is 0 Å². The van der Waals surface area contributed by atoms with Crippen LogP contribution in [0.15, 0.2) is 33.9 Å². The Hall–Kier alpha value is -2.74. The van der Waals surface area contributed by atoms with E-state index in [1.807, 2.05) is 27.7 Å². The van der Waals surface area contributed by atoms with Gasteiger partial charge in [0.25, 0.3) is 11.5 Å². The summed E-state index contributed by atoms with van der Waals surface area (Å²) in [7, 11) is 0. The number of amides is 1. The highest BCUT2D eigenvalue weighted by Gasteiger charge is 2.29. The van der Waals surface area contributed by atoms with Gasteiger partial charge in [-0.2, -0.15) is 0 Å². The van der Waals surface area contributed by atoms with Crippen molar-refractivity contribution in [2.75, 3.05) is 17.2 Å². The van der Waals surface area contributed by atoms with Crippen molar-refractivity contribution in [2.24, 2.45) is 11.8 Å². The van der Waals surface area contributed by atoms with Gasteiger partial charge in [0.05, 0.1) is 0 Å². The first-order valence-corrected chi connectivity index (χ1v) is 10.2. The van der Waals surface area contributed by atoms with Gasteiger partial charge in [0, 0.05) is 18.1 Å². The number of benzene rings is 1. The van der Waals surface area contributed by atoms with Crippen LogP contribution in [0, 0.1) is 11.8 Å². The Bertz CT molecular complexity index is 996. The zero-order valence-electron chi connectivity index (χ0n) is 17.9. The molecule has 30 heavy (non-hydrogen) atoms. The third-order valence-corrected chi connectivity index (χ3v) is 4.57. The summed E-state index contributed by atoms with van der Waals surface area (Å²) < 4.78 is 7.03. The maximum absolute atomic E-state index is 13.3. The molecule has 0 saturated carbocycles. The molecule has 1 aromatic heterocycles. The number of H-pyrrole nitrogens is 1. The summed E-state index contributed by atoms with van der Waals surface area (Å²) >= 11 is 5.89. The highest BCUT2D eigenvalue weighted by atomic mass is 35.5. The summed E-state index contributed by atoms with van der Waals surface area (Å²) in [5, 5.41) is 0.550. The Morgan fingerprint density at radius 3 is 2.27 bits per heavy atom. The molecule has 0 aliphatic heterocycles. The van der Waals surface area contributed by atoms with Gasteiger partial charge in [-0.1, -0.05) is 39.3 Å². The molecule has 1 unspecified atom stereocenters. The highest BCUT2D eigenvalue weighted by molar-refractivity contribution is 6.30. The molecule has 9 heteroatoms. The van der Waals surface area contributed by atoms with Crippen LogP contribution in [-0.2, 0) is 11.3 Å². The van der Waals surface area contributed by atoms with Gasteiger partial charge in [-0.05, 0) is 43.0 Å². The summed E-state index contributed by atoms with van der Waals surface area (Å²) in [6.45, 7) is 9.83. The van der Waals surface area contributed by atoms with E-state index in [1.54, 1.807) is 31.2 Å². The maximum atomic E-state index is 13.3. The minimum absolute atomic E-state index is 0.0369. The van der Waals surface area contributed by atoms with Crippen LogP contribution in [0.2, 0.25) is 5.02 Å². The normalized spacial score (nSPS) is 12.3. The number of nitrogens with two attached hydrogens (primary N) is 1. The predicted octanol–water partition coefficient (Wildman–Crippen LogP) is 2.88. The van der Waals surface area contributed by atoms with Crippen LogP contribution in [0.25, 0.3) is 0 Å². The van der Waals surface area contributed by atoms with Crippen LogP contribution in [0.4, 0.5) is 11.5 Å². The van der Waals surface area contributed by atoms with Crippen molar-refractivity contribution in [1.82, 2.24) is 9.55 Å². The lowest BCUT2D eigenvalue weighted by Crippen LogP contribution is -2.47. The number of carbonyl (C=O) groups excluding carboxylic acids is 1. The average molecular weight is 437 g/mol. The van der Waals surface area contributed by atoms with Gasteiger partial charge in [0.15, 0.2) is 11.8 Å². The fourth-order valence-corrected chi connectivity index (χ4v) is 3.15. The van der Waals surface area contributed by atoms with E-state index >= 15 is 0 Å². The summed E-state index contributed by atoms with van der Waals surface area (Å²) in [6, 6.07) is 6.63. The van der Waals surface area contributed by atoms with E-state index in [9.17, 15) is 14.4 Å². The summed E-state index contributed by atoms with van der Waals surface area (Å²) in [4.78, 5) is 41.7. The number of nitrogen functional groups attached to an aromatic ring is 1. The van der Waals surface area contributed by atoms with Crippen molar-refractivity contribution in [1.29, 1.82) is 0 Å². The molecule has 8 nitrogen and oxygen atoms in total. The van der Waals surface area contributed by atoms with E-state index in [4.69, 9.17) is 22.1 Å². The zero-order chi connectivity index (χ0) is 22.6. The molecule has 2 rings (SSSR count). The van der Waals surface area contributed by atoms with E-state index in [1.165, 1.54) is 9.47 Å². The van der Waals surface area contributed by atoms with E-state index in [2.05, 4.69) is 4.98 Å². The fraction of sp³-hybridized carbons (Fsp3) is 0.476. The molecule has 0 aliphatic carbocycles. The van der Waals surface area contributed by atoms with Crippen LogP contribution in [0.1, 0.15) is 34.6 Å². The number of carbonyl (C=O) groups is 1. The van der Waals surface area contributed by atoms with Crippen LogP contribution in [0.5, 0.6) is 5.75 Å². The van der Waals surface area contributed by atoms with Crippen molar-refractivity contribution in [2.45, 2.75) is 47.3 Å². The Morgan fingerprint density at radius 2 is 1.73 bits per heavy atom. The minimum Gasteiger partial charge on any atom is -0.481 e. The molecule has 0 fully saturated rings. The second kappa shape index (κ2) is 9.84. The number of hydrogen-bond acceptors (Lipinski definition) is 5. The van der Waals surface area contributed by atoms with E-state index in [0.717, 1.165) is 0 Å². The SMILES string of the molecule is CC(C)CN(C(=O)C(C)Oc1ccc(Cl)cc1)c1c(N)n(CC(C)C)c(=O)[nH]c1=O. The maximum Gasteiger partial charge on any atom is 0.330 e. The number of hydrogen-bond donors (Lipinski definition) is 2. The lowest BCUT2D eigenvalue weighted by atomic mass is 10.1. The van der Waals surface area contributed by atoms with E-state index in [0.29, 0.717) is 17.3 Å². The van der Waals surface area contributed by atoms with Crippen LogP contribution in [0.3, 0.4) is 0 Å². The molecule has 0 saturated heterocycles. The molecule has 0 radical (unpaired) electrons. The Kier molecular flexibility index (Phi) is 7.72. The van der Waals surface area contributed by atoms with Crippen molar-refractivity contribution < 1.29 is 9.53 Å². The number of anilines is 2. The van der Waals surface area contributed by atoms with Gasteiger partial charge in [-0.15, -0.1) is 0 Å². The van der Waals surface area contributed by atoms with Gasteiger partial charge in [-0.25, -0.2) is 4.79 Å². The molecule has 1 heterocycles. The molecule has 1 aromatic carbocycles. The Balaban J connectivity index is 2.46. The fourth-order valence-electron chi connectivity index (χ4n) is 3.03. The minimum atomic E-state index is -0.894. The molecular weight excluding hydrogens is 408 g/mol. The van der Waals surface area contributed by atoms with E-state index < -0.39 is 23.3 Å². The van der Waals surface area contributed by atoms with Crippen LogP contribution >= 0.6 is 11.6 Å². The first kappa shape index (κ1) is 23.5. The third-order valence-electron chi connectivity index (χ3n) is 4.32. The first-order chi connectivity index (χ1) is 14.0. The molecule has 3 N–H and O–H groups in total. The summed E-state index contributed by atoms with van der Waals surface area (Å²) in [5.41, 5.74) is 4.87. The summed E-state index contributed by atoms with van der Waals surface area (Å²) in [6.07, 6.45) is -0.894. The van der Waals surface area contributed by atoms with Crippen molar-refractivity contribution in [3.8, 4) is 5.75 Å². The van der Waals surface area contributed by atoms with Gasteiger partial charge in [0.2, 0.25) is 0 Å². The number of aromatic amines is 1.